The van der Waals surface area contributed by atoms with Gasteiger partial charge in [-0.2, -0.15) is 0 Å². The van der Waals surface area contributed by atoms with Crippen molar-refractivity contribution in [2.75, 3.05) is 36.5 Å². The number of fused-ring (bicyclic) bond motifs is 1. The Morgan fingerprint density at radius 1 is 0.914 bits per heavy atom. The molecule has 3 aromatic heterocycles. The Bertz CT molecular complexity index is 1280. The van der Waals surface area contributed by atoms with E-state index >= 15 is 0 Å². The molecule has 0 spiro atoms. The van der Waals surface area contributed by atoms with Gasteiger partial charge in [-0.25, -0.2) is 9.97 Å². The van der Waals surface area contributed by atoms with Crippen molar-refractivity contribution in [1.29, 1.82) is 0 Å². The second-order valence-electron chi connectivity index (χ2n) is 9.14. The topological polar surface area (TPSA) is 72.4 Å². The summed E-state index contributed by atoms with van der Waals surface area (Å²) in [6.07, 6.45) is 11.9. The van der Waals surface area contributed by atoms with E-state index in [0.717, 1.165) is 64.3 Å². The van der Waals surface area contributed by atoms with Crippen LogP contribution in [0.15, 0.2) is 55.0 Å². The van der Waals surface area contributed by atoms with E-state index in [0.29, 0.717) is 11.8 Å². The van der Waals surface area contributed by atoms with Gasteiger partial charge in [0.2, 0.25) is 0 Å². The van der Waals surface area contributed by atoms with Crippen molar-refractivity contribution in [3.63, 3.8) is 0 Å². The van der Waals surface area contributed by atoms with Gasteiger partial charge in [-0.05, 0) is 43.2 Å². The zero-order chi connectivity index (χ0) is 23.5. The van der Waals surface area contributed by atoms with E-state index in [4.69, 9.17) is 14.5 Å². The number of rotatable bonds is 6. The number of ether oxygens (including phenoxy) is 2. The van der Waals surface area contributed by atoms with Crippen LogP contribution in [0.3, 0.4) is 0 Å². The first-order valence-electron chi connectivity index (χ1n) is 12.4. The summed E-state index contributed by atoms with van der Waals surface area (Å²) in [5.41, 5.74) is 2.98. The summed E-state index contributed by atoms with van der Waals surface area (Å²) in [5, 5.41) is 4.63. The van der Waals surface area contributed by atoms with E-state index in [9.17, 15) is 0 Å². The maximum atomic E-state index is 6.18. The Morgan fingerprint density at radius 2 is 1.80 bits per heavy atom. The van der Waals surface area contributed by atoms with Crippen LogP contribution in [0.1, 0.15) is 32.1 Å². The molecule has 1 N–H and O–H groups in total. The molecule has 1 aromatic carbocycles. The van der Waals surface area contributed by atoms with Crippen LogP contribution in [0.4, 0.5) is 10.9 Å². The molecule has 0 unspecified atom stereocenters. The van der Waals surface area contributed by atoms with Gasteiger partial charge in [0, 0.05) is 48.7 Å². The van der Waals surface area contributed by atoms with Crippen LogP contribution in [-0.4, -0.2) is 47.3 Å². The predicted octanol–water partition coefficient (Wildman–Crippen LogP) is 6.13. The molecule has 1 saturated heterocycles. The molecular formula is C27H29N5O2S. The van der Waals surface area contributed by atoms with Crippen LogP contribution >= 0.6 is 11.3 Å². The molecule has 1 aliphatic heterocycles. The van der Waals surface area contributed by atoms with Gasteiger partial charge in [-0.3, -0.25) is 4.98 Å². The summed E-state index contributed by atoms with van der Waals surface area (Å²) < 4.78 is 12.7. The number of anilines is 2. The van der Waals surface area contributed by atoms with Crippen LogP contribution in [0.25, 0.3) is 21.3 Å². The maximum absolute atomic E-state index is 6.18. The fourth-order valence-corrected chi connectivity index (χ4v) is 5.73. The van der Waals surface area contributed by atoms with Crippen LogP contribution in [-0.2, 0) is 4.74 Å². The molecule has 0 bridgehead atoms. The highest BCUT2D eigenvalue weighted by Crippen LogP contribution is 2.33. The number of aromatic nitrogens is 3. The molecule has 4 heterocycles. The summed E-state index contributed by atoms with van der Waals surface area (Å²) in [4.78, 5) is 16.1. The predicted molar refractivity (Wildman–Crippen MR) is 141 cm³/mol. The normalized spacial score (nSPS) is 17.0. The minimum absolute atomic E-state index is 0.547. The molecule has 35 heavy (non-hydrogen) atoms. The number of thiazole rings is 1. The van der Waals surface area contributed by atoms with Crippen molar-refractivity contribution in [1.82, 2.24) is 15.0 Å². The zero-order valence-electron chi connectivity index (χ0n) is 19.7. The summed E-state index contributed by atoms with van der Waals surface area (Å²) in [6.45, 7) is 3.25. The van der Waals surface area contributed by atoms with Gasteiger partial charge in [-0.1, -0.05) is 30.6 Å². The Labute approximate surface area is 209 Å². The third-order valence-corrected chi connectivity index (χ3v) is 7.61. The summed E-state index contributed by atoms with van der Waals surface area (Å²) in [7, 11) is 0. The third-order valence-electron chi connectivity index (χ3n) is 6.66. The Hall–Kier alpha value is -3.23. The smallest absolute Gasteiger partial charge is 0.184 e. The molecule has 0 atom stereocenters. The molecule has 0 radical (unpaired) electrons. The zero-order valence-corrected chi connectivity index (χ0v) is 20.5. The lowest BCUT2D eigenvalue weighted by Gasteiger charge is -2.27. The fourth-order valence-electron chi connectivity index (χ4n) is 4.76. The fraction of sp³-hybridized carbons (Fsp3) is 0.370. The lowest BCUT2D eigenvalue weighted by molar-refractivity contribution is 0.122. The molecule has 7 nitrogen and oxygen atoms in total. The van der Waals surface area contributed by atoms with Gasteiger partial charge < -0.3 is 19.7 Å². The van der Waals surface area contributed by atoms with E-state index in [-0.39, 0.29) is 0 Å². The van der Waals surface area contributed by atoms with Crippen molar-refractivity contribution in [2.45, 2.75) is 38.1 Å². The summed E-state index contributed by atoms with van der Waals surface area (Å²) in [5.74, 6) is 2.46. The van der Waals surface area contributed by atoms with Crippen molar-refractivity contribution in [3.05, 3.63) is 55.0 Å². The monoisotopic (exact) mass is 487 g/mol. The molecule has 4 aromatic rings. The standard InChI is InChI=1S/C27H29N5O2S/c1-2-4-21(5-3-1)30-27-31-24-8-7-22(15-25(24)35-27)34-23-14-20(16-28-18-23)19-6-9-26(29-17-19)32-10-12-33-13-11-32/h6-9,14-18,21H,1-5,10-13H2,(H,30,31). The van der Waals surface area contributed by atoms with Gasteiger partial charge in [0.05, 0.1) is 29.6 Å². The second kappa shape index (κ2) is 10.2. The van der Waals surface area contributed by atoms with E-state index in [1.165, 1.54) is 32.1 Å². The van der Waals surface area contributed by atoms with Gasteiger partial charge in [-0.15, -0.1) is 0 Å². The number of benzene rings is 1. The molecule has 2 fully saturated rings. The van der Waals surface area contributed by atoms with Crippen molar-refractivity contribution >= 4 is 32.5 Å². The minimum atomic E-state index is 0.547. The first-order chi connectivity index (χ1) is 17.3. The Balaban J connectivity index is 1.15. The first-order valence-corrected chi connectivity index (χ1v) is 13.2. The number of hydrogen-bond acceptors (Lipinski definition) is 8. The molecule has 2 aliphatic rings. The number of hydrogen-bond donors (Lipinski definition) is 1. The Morgan fingerprint density at radius 3 is 2.63 bits per heavy atom. The SMILES string of the molecule is c1cc2nc(NC3CCCCC3)sc2cc1Oc1cncc(-c2ccc(N3CCOCC3)nc2)c1. The maximum Gasteiger partial charge on any atom is 0.184 e. The summed E-state index contributed by atoms with van der Waals surface area (Å²) in [6, 6.07) is 12.8. The quantitative estimate of drug-likeness (QED) is 0.351. The van der Waals surface area contributed by atoms with E-state index in [2.05, 4.69) is 38.4 Å². The van der Waals surface area contributed by atoms with Gasteiger partial charge in [0.1, 0.15) is 17.3 Å². The number of morpholine rings is 1. The van der Waals surface area contributed by atoms with Crippen LogP contribution in [0.5, 0.6) is 11.5 Å². The average Bonchev–Trinajstić information content (AvgIpc) is 3.31. The summed E-state index contributed by atoms with van der Waals surface area (Å²) >= 11 is 1.69. The molecule has 1 aliphatic carbocycles. The van der Waals surface area contributed by atoms with Crippen molar-refractivity contribution in [3.8, 4) is 22.6 Å². The first kappa shape index (κ1) is 22.2. The minimum Gasteiger partial charge on any atom is -0.456 e. The lowest BCUT2D eigenvalue weighted by Crippen LogP contribution is -2.36. The third kappa shape index (κ3) is 5.23. The molecular weight excluding hydrogens is 458 g/mol. The lowest BCUT2D eigenvalue weighted by atomic mass is 9.96. The number of nitrogens with zero attached hydrogens (tertiary/aromatic N) is 4. The highest BCUT2D eigenvalue weighted by Gasteiger charge is 2.16. The van der Waals surface area contributed by atoms with E-state index in [1.54, 1.807) is 17.5 Å². The highest BCUT2D eigenvalue weighted by molar-refractivity contribution is 7.22. The average molecular weight is 488 g/mol. The van der Waals surface area contributed by atoms with Crippen LogP contribution in [0, 0.1) is 0 Å². The van der Waals surface area contributed by atoms with E-state index in [1.807, 2.05) is 30.6 Å². The van der Waals surface area contributed by atoms with Crippen molar-refractivity contribution in [2.24, 2.45) is 0 Å². The highest BCUT2D eigenvalue weighted by atomic mass is 32.1. The van der Waals surface area contributed by atoms with Gasteiger partial charge >= 0.3 is 0 Å². The second-order valence-corrected chi connectivity index (χ2v) is 10.2. The molecule has 8 heteroatoms. The van der Waals surface area contributed by atoms with Gasteiger partial charge in [0.25, 0.3) is 0 Å². The number of nitrogens with one attached hydrogen (secondary N) is 1. The molecule has 180 valence electrons. The van der Waals surface area contributed by atoms with Crippen molar-refractivity contribution < 1.29 is 9.47 Å². The largest absolute Gasteiger partial charge is 0.456 e. The van der Waals surface area contributed by atoms with Crippen LogP contribution in [0.2, 0.25) is 0 Å². The molecule has 1 saturated carbocycles. The molecule has 0 amide bonds. The molecule has 6 rings (SSSR count). The van der Waals surface area contributed by atoms with Gasteiger partial charge in [0.15, 0.2) is 5.13 Å². The number of pyridine rings is 2. The van der Waals surface area contributed by atoms with Crippen LogP contribution < -0.4 is 15.0 Å². The van der Waals surface area contributed by atoms with E-state index < -0.39 is 0 Å². The Kier molecular flexibility index (Phi) is 6.47.